The van der Waals surface area contributed by atoms with Gasteiger partial charge in [-0.15, -0.1) is 0 Å². The van der Waals surface area contributed by atoms with Crippen LogP contribution in [-0.2, 0) is 16.7 Å². The molecule has 148 valence electrons. The van der Waals surface area contributed by atoms with Gasteiger partial charge >= 0.3 is 0 Å². The molecule has 0 bridgehead atoms. The minimum Gasteiger partial charge on any atom is -0.282 e. The number of fused-ring (bicyclic) bond motifs is 1. The van der Waals surface area contributed by atoms with E-state index < -0.39 is 10.0 Å². The highest BCUT2D eigenvalue weighted by atomic mass is 32.2. The highest BCUT2D eigenvalue weighted by Gasteiger charge is 2.29. The predicted molar refractivity (Wildman–Crippen MR) is 110 cm³/mol. The van der Waals surface area contributed by atoms with Crippen molar-refractivity contribution < 1.29 is 8.42 Å². The number of sulfonamides is 1. The first kappa shape index (κ1) is 19.3. The van der Waals surface area contributed by atoms with Crippen LogP contribution in [0.5, 0.6) is 0 Å². The number of aromatic nitrogens is 3. The average Bonchev–Trinajstić information content (AvgIpc) is 3.00. The highest BCUT2D eigenvalue weighted by molar-refractivity contribution is 7.89. The van der Waals surface area contributed by atoms with Crippen LogP contribution in [0.3, 0.4) is 0 Å². The number of hydrogen-bond donors (Lipinski definition) is 0. The molecule has 3 heterocycles. The summed E-state index contributed by atoms with van der Waals surface area (Å²) < 4.78 is 32.0. The largest absolute Gasteiger partial charge is 0.282 e. The predicted octanol–water partition coefficient (Wildman–Crippen LogP) is 2.45. The molecule has 1 aromatic carbocycles. The Morgan fingerprint density at radius 2 is 1.82 bits per heavy atom. The molecule has 0 amide bonds. The van der Waals surface area contributed by atoms with E-state index >= 15 is 0 Å². The molecule has 1 aliphatic rings. The van der Waals surface area contributed by atoms with Crippen molar-refractivity contribution in [3.8, 4) is 0 Å². The molecule has 1 saturated heterocycles. The van der Waals surface area contributed by atoms with Crippen molar-refractivity contribution in [3.05, 3.63) is 58.5 Å². The van der Waals surface area contributed by atoms with Gasteiger partial charge in [0.25, 0.3) is 0 Å². The van der Waals surface area contributed by atoms with Gasteiger partial charge in [-0.05, 0) is 55.4 Å². The SMILES string of the molecule is Cc1ccc(C)c(S(=O)(=O)N2CCN(Cn3nc4ccccn4c3=S)CC2)c1. The number of pyridine rings is 1. The van der Waals surface area contributed by atoms with E-state index in [0.717, 1.165) is 16.8 Å². The van der Waals surface area contributed by atoms with Crippen LogP contribution in [0.25, 0.3) is 5.65 Å². The smallest absolute Gasteiger partial charge is 0.243 e. The van der Waals surface area contributed by atoms with Crippen LogP contribution in [0, 0.1) is 18.6 Å². The number of benzene rings is 1. The van der Waals surface area contributed by atoms with Gasteiger partial charge in [-0.1, -0.05) is 18.2 Å². The van der Waals surface area contributed by atoms with E-state index in [1.807, 2.05) is 54.8 Å². The van der Waals surface area contributed by atoms with Gasteiger partial charge < -0.3 is 0 Å². The van der Waals surface area contributed by atoms with Crippen molar-refractivity contribution in [2.75, 3.05) is 26.2 Å². The molecule has 0 N–H and O–H groups in total. The normalized spacial score (nSPS) is 16.6. The summed E-state index contributed by atoms with van der Waals surface area (Å²) in [7, 11) is -3.48. The summed E-state index contributed by atoms with van der Waals surface area (Å²) in [5, 5.41) is 4.54. The molecule has 1 aliphatic heterocycles. The Morgan fingerprint density at radius 1 is 1.07 bits per heavy atom. The summed E-state index contributed by atoms with van der Waals surface area (Å²) >= 11 is 5.50. The third kappa shape index (κ3) is 3.50. The molecular weight excluding hydrogens is 394 g/mol. The Kier molecular flexibility index (Phi) is 5.09. The lowest BCUT2D eigenvalue weighted by Crippen LogP contribution is -2.49. The first-order valence-electron chi connectivity index (χ1n) is 9.20. The molecule has 9 heteroatoms. The zero-order valence-corrected chi connectivity index (χ0v) is 17.6. The lowest BCUT2D eigenvalue weighted by Gasteiger charge is -2.34. The Labute approximate surface area is 169 Å². The third-order valence-electron chi connectivity index (χ3n) is 5.12. The van der Waals surface area contributed by atoms with E-state index in [0.29, 0.717) is 42.5 Å². The average molecular weight is 418 g/mol. The second-order valence-corrected chi connectivity index (χ2v) is 9.41. The Hall–Kier alpha value is -2.07. The maximum Gasteiger partial charge on any atom is 0.243 e. The van der Waals surface area contributed by atoms with E-state index in [4.69, 9.17) is 12.2 Å². The Morgan fingerprint density at radius 3 is 2.54 bits per heavy atom. The van der Waals surface area contributed by atoms with Crippen LogP contribution >= 0.6 is 12.2 Å². The molecule has 28 heavy (non-hydrogen) atoms. The van der Waals surface area contributed by atoms with Gasteiger partial charge in [0.05, 0.1) is 11.6 Å². The molecule has 3 aromatic rings. The van der Waals surface area contributed by atoms with Gasteiger partial charge in [-0.25, -0.2) is 13.1 Å². The summed E-state index contributed by atoms with van der Waals surface area (Å²) in [5.41, 5.74) is 2.54. The second kappa shape index (κ2) is 7.40. The number of aryl methyl sites for hydroxylation is 2. The zero-order valence-electron chi connectivity index (χ0n) is 15.9. The van der Waals surface area contributed by atoms with Crippen molar-refractivity contribution in [1.29, 1.82) is 0 Å². The molecule has 1 fully saturated rings. The molecule has 0 radical (unpaired) electrons. The number of hydrogen-bond acceptors (Lipinski definition) is 5. The van der Waals surface area contributed by atoms with E-state index in [1.165, 1.54) is 0 Å². The molecule has 7 nitrogen and oxygen atoms in total. The molecule has 0 saturated carbocycles. The van der Waals surface area contributed by atoms with Gasteiger partial charge in [-0.3, -0.25) is 9.30 Å². The maximum absolute atomic E-state index is 13.1. The second-order valence-electron chi connectivity index (χ2n) is 7.14. The molecule has 2 aromatic heterocycles. The van der Waals surface area contributed by atoms with Gasteiger partial charge in [0, 0.05) is 32.4 Å². The first-order valence-corrected chi connectivity index (χ1v) is 11.0. The van der Waals surface area contributed by atoms with Crippen molar-refractivity contribution in [1.82, 2.24) is 23.4 Å². The van der Waals surface area contributed by atoms with Crippen LogP contribution < -0.4 is 0 Å². The van der Waals surface area contributed by atoms with Gasteiger partial charge in [0.15, 0.2) is 5.65 Å². The lowest BCUT2D eigenvalue weighted by atomic mass is 10.2. The van der Waals surface area contributed by atoms with Crippen LogP contribution in [0.2, 0.25) is 0 Å². The van der Waals surface area contributed by atoms with E-state index in [1.54, 1.807) is 15.1 Å². The zero-order chi connectivity index (χ0) is 19.9. The van der Waals surface area contributed by atoms with Gasteiger partial charge in [-0.2, -0.15) is 9.40 Å². The van der Waals surface area contributed by atoms with Crippen molar-refractivity contribution in [2.45, 2.75) is 25.4 Å². The van der Waals surface area contributed by atoms with E-state index in [2.05, 4.69) is 10.00 Å². The van der Waals surface area contributed by atoms with Crippen LogP contribution in [0.1, 0.15) is 11.1 Å². The summed E-state index contributed by atoms with van der Waals surface area (Å²) in [4.78, 5) is 2.58. The topological polar surface area (TPSA) is 62.9 Å². The van der Waals surface area contributed by atoms with Crippen molar-refractivity contribution in [3.63, 3.8) is 0 Å². The lowest BCUT2D eigenvalue weighted by molar-refractivity contribution is 0.145. The Balaban J connectivity index is 1.47. The summed E-state index contributed by atoms with van der Waals surface area (Å²) in [5.74, 6) is 0. The summed E-state index contributed by atoms with van der Waals surface area (Å²) in [6.07, 6.45) is 1.90. The molecule has 0 spiro atoms. The minimum absolute atomic E-state index is 0.406. The fraction of sp³-hybridized carbons (Fsp3) is 0.368. The number of rotatable bonds is 4. The summed E-state index contributed by atoms with van der Waals surface area (Å²) in [6.45, 7) is 6.49. The standard InChI is InChI=1S/C19H23N5O2S2/c1-15-6-7-16(2)17(13-15)28(25,26)22-11-9-21(10-12-22)14-24-19(27)23-8-4-3-5-18(23)20-24/h3-8,13H,9-12,14H2,1-2H3. The quantitative estimate of drug-likeness (QED) is 0.610. The van der Waals surface area contributed by atoms with Crippen molar-refractivity contribution >= 4 is 27.9 Å². The van der Waals surface area contributed by atoms with E-state index in [-0.39, 0.29) is 0 Å². The molecule has 4 rings (SSSR count). The van der Waals surface area contributed by atoms with E-state index in [9.17, 15) is 8.42 Å². The highest BCUT2D eigenvalue weighted by Crippen LogP contribution is 2.22. The first-order chi connectivity index (χ1) is 13.4. The fourth-order valence-electron chi connectivity index (χ4n) is 3.49. The molecule has 0 atom stereocenters. The van der Waals surface area contributed by atoms with Crippen LogP contribution in [-0.4, -0.2) is 58.0 Å². The number of nitrogens with zero attached hydrogens (tertiary/aromatic N) is 5. The Bertz CT molecular complexity index is 1170. The van der Waals surface area contributed by atoms with Gasteiger partial charge in [0.2, 0.25) is 14.8 Å². The van der Waals surface area contributed by atoms with Crippen molar-refractivity contribution in [2.24, 2.45) is 0 Å². The summed E-state index contributed by atoms with van der Waals surface area (Å²) in [6, 6.07) is 11.3. The van der Waals surface area contributed by atoms with Crippen LogP contribution in [0.15, 0.2) is 47.5 Å². The maximum atomic E-state index is 13.1. The monoisotopic (exact) mass is 417 g/mol. The molecular formula is C19H23N5O2S2. The fourth-order valence-corrected chi connectivity index (χ4v) is 5.47. The minimum atomic E-state index is -3.48. The van der Waals surface area contributed by atoms with Gasteiger partial charge in [0.1, 0.15) is 0 Å². The third-order valence-corrected chi connectivity index (χ3v) is 7.56. The number of piperazine rings is 1. The molecule has 0 unspecified atom stereocenters. The molecule has 0 aliphatic carbocycles. The van der Waals surface area contributed by atoms with Crippen LogP contribution in [0.4, 0.5) is 0 Å².